The minimum Gasteiger partial charge on any atom is -0.463 e. The highest BCUT2D eigenvalue weighted by Crippen LogP contribution is 2.01. The fourth-order valence-electron chi connectivity index (χ4n) is 1.13. The van der Waals surface area contributed by atoms with Crippen molar-refractivity contribution in [1.29, 1.82) is 5.41 Å². The average Bonchev–Trinajstić information content (AvgIpc) is 2.48. The molecule has 0 fully saturated rings. The van der Waals surface area contributed by atoms with Gasteiger partial charge in [-0.1, -0.05) is 0 Å². The van der Waals surface area contributed by atoms with Gasteiger partial charge >= 0.3 is 11.9 Å². The van der Waals surface area contributed by atoms with Gasteiger partial charge < -0.3 is 24.2 Å². The lowest BCUT2D eigenvalue weighted by Gasteiger charge is -2.11. The molecule has 0 aromatic heterocycles. The molecule has 3 N–H and O–H groups in total. The highest BCUT2D eigenvalue weighted by molar-refractivity contribution is 5.95. The van der Waals surface area contributed by atoms with Gasteiger partial charge in [0, 0.05) is 6.42 Å². The number of carbonyl (C=O) groups excluding carboxylic acids is 2. The molecule has 0 aromatic rings. The van der Waals surface area contributed by atoms with E-state index in [1.54, 1.807) is 13.8 Å². The highest BCUT2D eigenvalue weighted by Gasteiger charge is 2.16. The third-order valence-electron chi connectivity index (χ3n) is 2.03. The van der Waals surface area contributed by atoms with E-state index in [0.29, 0.717) is 0 Å². The van der Waals surface area contributed by atoms with Crippen molar-refractivity contribution >= 4 is 17.8 Å². The number of ether oxygens (including phenoxy) is 3. The maximum absolute atomic E-state index is 11.6. The summed E-state index contributed by atoms with van der Waals surface area (Å²) in [4.78, 5) is 27.8. The van der Waals surface area contributed by atoms with Crippen LogP contribution in [0, 0.1) is 5.41 Å². The van der Waals surface area contributed by atoms with Gasteiger partial charge in [-0.2, -0.15) is 0 Å². The Kier molecular flexibility index (Phi) is 11.4. The topological polar surface area (TPSA) is 127 Å². The van der Waals surface area contributed by atoms with Crippen LogP contribution in [-0.4, -0.2) is 55.9 Å². The maximum Gasteiger partial charge on any atom is 0.377 e. The molecule has 126 valence electrons. The van der Waals surface area contributed by atoms with E-state index in [-0.39, 0.29) is 45.3 Å². The van der Waals surface area contributed by atoms with Gasteiger partial charge in [0.2, 0.25) is 5.76 Å². The molecule has 0 saturated heterocycles. The Bertz CT molecular complexity index is 396. The summed E-state index contributed by atoms with van der Waals surface area (Å²) in [5.74, 6) is -2.10. The molecular weight excluding hydrogens is 296 g/mol. The first-order valence-corrected chi connectivity index (χ1v) is 6.79. The summed E-state index contributed by atoms with van der Waals surface area (Å²) in [6, 6.07) is 0. The summed E-state index contributed by atoms with van der Waals surface area (Å²) in [5.41, 5.74) is 2.21. The number of amidine groups is 1. The molecule has 0 radical (unpaired) electrons. The van der Waals surface area contributed by atoms with Gasteiger partial charge in [-0.15, -0.1) is 0 Å². The molecule has 0 bridgehead atoms. The van der Waals surface area contributed by atoms with E-state index < -0.39 is 17.7 Å². The maximum atomic E-state index is 11.6. The van der Waals surface area contributed by atoms with Crippen LogP contribution in [0.4, 0.5) is 0 Å². The van der Waals surface area contributed by atoms with Gasteiger partial charge in [0.25, 0.3) is 0 Å². The SMILES string of the molecule is CCOC(=O)C=C(ONC(=N)CCOCCO)C(=O)OCC. The molecule has 0 spiro atoms. The lowest BCUT2D eigenvalue weighted by Crippen LogP contribution is -2.27. The minimum atomic E-state index is -0.854. The number of hydrogen-bond donors (Lipinski definition) is 3. The van der Waals surface area contributed by atoms with Gasteiger partial charge in [-0.25, -0.2) is 15.1 Å². The smallest absolute Gasteiger partial charge is 0.377 e. The van der Waals surface area contributed by atoms with Crippen molar-refractivity contribution in [2.75, 3.05) is 33.0 Å². The summed E-state index contributed by atoms with van der Waals surface area (Å²) in [6.07, 6.45) is 1.01. The molecule has 0 aromatic carbocycles. The Hall–Kier alpha value is -2.13. The molecule has 22 heavy (non-hydrogen) atoms. The second-order valence-corrected chi connectivity index (χ2v) is 3.75. The van der Waals surface area contributed by atoms with Crippen molar-refractivity contribution in [2.45, 2.75) is 20.3 Å². The second kappa shape index (κ2) is 12.6. The van der Waals surface area contributed by atoms with Gasteiger partial charge in [0.15, 0.2) is 0 Å². The summed E-state index contributed by atoms with van der Waals surface area (Å²) in [6.45, 7) is 3.75. The first kappa shape index (κ1) is 19.9. The van der Waals surface area contributed by atoms with Crippen molar-refractivity contribution in [3.8, 4) is 0 Å². The predicted octanol–water partition coefficient (Wildman–Crippen LogP) is -0.106. The Balaban J connectivity index is 4.42. The monoisotopic (exact) mass is 318 g/mol. The van der Waals surface area contributed by atoms with Gasteiger partial charge in [-0.05, 0) is 13.8 Å². The number of hydrogen-bond acceptors (Lipinski definition) is 8. The van der Waals surface area contributed by atoms with Crippen LogP contribution in [0.25, 0.3) is 0 Å². The second-order valence-electron chi connectivity index (χ2n) is 3.75. The molecule has 0 aliphatic carbocycles. The number of nitrogens with one attached hydrogen (secondary N) is 2. The molecule has 0 rings (SSSR count). The lowest BCUT2D eigenvalue weighted by atomic mass is 10.4. The van der Waals surface area contributed by atoms with E-state index in [2.05, 4.69) is 10.2 Å². The third kappa shape index (κ3) is 9.72. The van der Waals surface area contributed by atoms with Crippen LogP contribution in [0.15, 0.2) is 11.8 Å². The fraction of sp³-hybridized carbons (Fsp3) is 0.615. The molecule has 0 unspecified atom stereocenters. The molecule has 0 amide bonds. The van der Waals surface area contributed by atoms with Crippen molar-refractivity contribution in [1.82, 2.24) is 5.48 Å². The Morgan fingerprint density at radius 3 is 2.45 bits per heavy atom. The van der Waals surface area contributed by atoms with Crippen LogP contribution >= 0.6 is 0 Å². The fourth-order valence-corrected chi connectivity index (χ4v) is 1.13. The zero-order valence-electron chi connectivity index (χ0n) is 12.7. The Morgan fingerprint density at radius 1 is 1.18 bits per heavy atom. The molecule has 0 saturated carbocycles. The molecule has 9 nitrogen and oxygen atoms in total. The molecular formula is C13H22N2O7. The summed E-state index contributed by atoms with van der Waals surface area (Å²) in [5, 5.41) is 16.1. The van der Waals surface area contributed by atoms with E-state index in [1.807, 2.05) is 0 Å². The average molecular weight is 318 g/mol. The largest absolute Gasteiger partial charge is 0.463 e. The quantitative estimate of drug-likeness (QED) is 0.0916. The highest BCUT2D eigenvalue weighted by atomic mass is 16.7. The lowest BCUT2D eigenvalue weighted by molar-refractivity contribution is -0.145. The minimum absolute atomic E-state index is 0.0722. The summed E-state index contributed by atoms with van der Waals surface area (Å²) < 4.78 is 14.4. The Labute approximate surface area is 128 Å². The predicted molar refractivity (Wildman–Crippen MR) is 75.8 cm³/mol. The van der Waals surface area contributed by atoms with E-state index in [4.69, 9.17) is 24.8 Å². The van der Waals surface area contributed by atoms with Gasteiger partial charge in [0.05, 0.1) is 39.1 Å². The number of esters is 2. The number of aliphatic hydroxyl groups is 1. The summed E-state index contributed by atoms with van der Waals surface area (Å²) >= 11 is 0. The van der Waals surface area contributed by atoms with E-state index in [1.165, 1.54) is 0 Å². The normalized spacial score (nSPS) is 10.8. The van der Waals surface area contributed by atoms with Crippen LogP contribution in [0.3, 0.4) is 0 Å². The van der Waals surface area contributed by atoms with Gasteiger partial charge in [-0.3, -0.25) is 5.41 Å². The summed E-state index contributed by atoms with van der Waals surface area (Å²) in [7, 11) is 0. The number of rotatable bonds is 11. The van der Waals surface area contributed by atoms with Crippen molar-refractivity contribution in [2.24, 2.45) is 0 Å². The Morgan fingerprint density at radius 2 is 1.86 bits per heavy atom. The number of hydroxylamine groups is 1. The van der Waals surface area contributed by atoms with E-state index in [0.717, 1.165) is 6.08 Å². The van der Waals surface area contributed by atoms with Crippen LogP contribution in [-0.2, 0) is 28.6 Å². The zero-order valence-corrected chi connectivity index (χ0v) is 12.7. The first-order chi connectivity index (χ1) is 10.5. The van der Waals surface area contributed by atoms with Crippen LogP contribution in [0.1, 0.15) is 20.3 Å². The van der Waals surface area contributed by atoms with Crippen LogP contribution in [0.5, 0.6) is 0 Å². The number of aliphatic hydroxyl groups excluding tert-OH is 1. The first-order valence-electron chi connectivity index (χ1n) is 6.79. The van der Waals surface area contributed by atoms with Crippen molar-refractivity contribution in [3.05, 3.63) is 11.8 Å². The van der Waals surface area contributed by atoms with E-state index in [9.17, 15) is 9.59 Å². The van der Waals surface area contributed by atoms with Crippen LogP contribution < -0.4 is 5.48 Å². The standard InChI is InChI=1S/C13H22N2O7/c1-3-20-12(17)9-10(13(18)21-4-2)22-15-11(14)5-7-19-8-6-16/h9,16H,3-8H2,1-2H3,(H2,14,15). The molecule has 0 aliphatic heterocycles. The van der Waals surface area contributed by atoms with Crippen LogP contribution in [0.2, 0.25) is 0 Å². The molecule has 0 atom stereocenters. The van der Waals surface area contributed by atoms with Gasteiger partial charge in [0.1, 0.15) is 5.84 Å². The zero-order chi connectivity index (χ0) is 16.8. The molecule has 9 heteroatoms. The number of carbonyl (C=O) groups is 2. The molecule has 0 aliphatic rings. The van der Waals surface area contributed by atoms with Crippen molar-refractivity contribution < 1.29 is 33.7 Å². The van der Waals surface area contributed by atoms with E-state index >= 15 is 0 Å². The van der Waals surface area contributed by atoms with Crippen molar-refractivity contribution in [3.63, 3.8) is 0 Å². The molecule has 0 heterocycles. The third-order valence-corrected chi connectivity index (χ3v) is 2.03.